The zero-order chi connectivity index (χ0) is 9.86. The number of thiazole rings is 1. The minimum absolute atomic E-state index is 0.408. The molecule has 0 saturated carbocycles. The third-order valence-corrected chi connectivity index (χ3v) is 4.84. The van der Waals surface area contributed by atoms with Gasteiger partial charge >= 0.3 is 0 Å². The van der Waals surface area contributed by atoms with Gasteiger partial charge < -0.3 is 4.74 Å². The highest BCUT2D eigenvalue weighted by Crippen LogP contribution is 2.36. The molecule has 1 saturated heterocycles. The summed E-state index contributed by atoms with van der Waals surface area (Å²) in [4.78, 5) is 5.52. The first kappa shape index (κ1) is 10.6. The Morgan fingerprint density at radius 2 is 2.29 bits per heavy atom. The van der Waals surface area contributed by atoms with Crippen molar-refractivity contribution in [3.63, 3.8) is 0 Å². The second kappa shape index (κ2) is 4.73. The number of hydrogen-bond acceptors (Lipinski definition) is 3. The number of alkyl halides is 1. The topological polar surface area (TPSA) is 22.1 Å². The summed E-state index contributed by atoms with van der Waals surface area (Å²) in [6, 6.07) is 0. The van der Waals surface area contributed by atoms with Crippen molar-refractivity contribution in [2.45, 2.75) is 19.3 Å². The van der Waals surface area contributed by atoms with Crippen LogP contribution in [0.5, 0.6) is 0 Å². The quantitative estimate of drug-likeness (QED) is 0.792. The molecule has 0 aromatic carbocycles. The Morgan fingerprint density at radius 1 is 1.50 bits per heavy atom. The molecule has 78 valence electrons. The maximum Gasteiger partial charge on any atom is 0.0794 e. The highest BCUT2D eigenvalue weighted by atomic mass is 79.9. The molecular weight excluding hydrogens is 262 g/mol. The summed E-state index contributed by atoms with van der Waals surface area (Å²) >= 11 is 5.40. The Hall–Kier alpha value is 0.0700. The Kier molecular flexibility index (Phi) is 3.57. The maximum absolute atomic E-state index is 5.41. The zero-order valence-corrected chi connectivity index (χ0v) is 10.4. The van der Waals surface area contributed by atoms with Gasteiger partial charge in [-0.25, -0.2) is 0 Å². The average Bonchev–Trinajstić information content (AvgIpc) is 2.72. The van der Waals surface area contributed by atoms with Crippen LogP contribution in [0.2, 0.25) is 0 Å². The number of rotatable bonds is 3. The molecule has 0 atom stereocenters. The maximum atomic E-state index is 5.41. The number of nitrogens with zero attached hydrogens (tertiary/aromatic N) is 1. The van der Waals surface area contributed by atoms with E-state index in [1.807, 2.05) is 11.7 Å². The molecular formula is C10H14BrNOS. The predicted octanol–water partition coefficient (Wildman–Crippen LogP) is 2.88. The minimum atomic E-state index is 0.408. The van der Waals surface area contributed by atoms with Crippen LogP contribution < -0.4 is 0 Å². The molecule has 0 aliphatic carbocycles. The number of ether oxygens (including phenoxy) is 1. The van der Waals surface area contributed by atoms with Gasteiger partial charge in [-0.05, 0) is 24.7 Å². The molecule has 1 aromatic heterocycles. The fourth-order valence-corrected chi connectivity index (χ4v) is 3.39. The molecule has 1 aromatic rings. The molecule has 0 unspecified atom stereocenters. The van der Waals surface area contributed by atoms with Crippen molar-refractivity contribution in [3.8, 4) is 0 Å². The van der Waals surface area contributed by atoms with Gasteiger partial charge in [0.1, 0.15) is 0 Å². The standard InChI is InChI=1S/C10H14BrNOS/c11-7-10(1-3-13-4-2-10)5-9-6-12-8-14-9/h6,8H,1-5,7H2. The molecule has 0 radical (unpaired) electrons. The Morgan fingerprint density at radius 3 is 2.86 bits per heavy atom. The zero-order valence-electron chi connectivity index (χ0n) is 8.04. The van der Waals surface area contributed by atoms with Crippen LogP contribution in [0.3, 0.4) is 0 Å². The van der Waals surface area contributed by atoms with Gasteiger partial charge in [0, 0.05) is 29.6 Å². The van der Waals surface area contributed by atoms with Crippen LogP contribution in [0.1, 0.15) is 17.7 Å². The predicted molar refractivity (Wildman–Crippen MR) is 62.1 cm³/mol. The van der Waals surface area contributed by atoms with Crippen molar-refractivity contribution in [1.82, 2.24) is 4.98 Å². The van der Waals surface area contributed by atoms with Crippen LogP contribution in [0.15, 0.2) is 11.7 Å². The molecule has 14 heavy (non-hydrogen) atoms. The molecule has 0 amide bonds. The number of hydrogen-bond donors (Lipinski definition) is 0. The molecule has 0 spiro atoms. The lowest BCUT2D eigenvalue weighted by atomic mass is 9.79. The van der Waals surface area contributed by atoms with Gasteiger partial charge in [-0.1, -0.05) is 15.9 Å². The Labute approximate surface area is 96.8 Å². The monoisotopic (exact) mass is 275 g/mol. The van der Waals surface area contributed by atoms with Gasteiger partial charge in [0.15, 0.2) is 0 Å². The fourth-order valence-electron chi connectivity index (χ4n) is 1.86. The highest BCUT2D eigenvalue weighted by molar-refractivity contribution is 9.09. The molecule has 0 bridgehead atoms. The summed E-state index contributed by atoms with van der Waals surface area (Å²) in [7, 11) is 0. The van der Waals surface area contributed by atoms with Crippen LogP contribution in [0.4, 0.5) is 0 Å². The normalized spacial score (nSPS) is 20.9. The van der Waals surface area contributed by atoms with E-state index in [0.717, 1.165) is 37.8 Å². The van der Waals surface area contributed by atoms with E-state index in [9.17, 15) is 0 Å². The fraction of sp³-hybridized carbons (Fsp3) is 0.700. The molecule has 2 rings (SSSR count). The van der Waals surface area contributed by atoms with E-state index < -0.39 is 0 Å². The van der Waals surface area contributed by atoms with Crippen molar-refractivity contribution >= 4 is 27.3 Å². The second-order valence-electron chi connectivity index (χ2n) is 3.89. The molecule has 1 fully saturated rings. The van der Waals surface area contributed by atoms with E-state index in [1.165, 1.54) is 4.88 Å². The third-order valence-electron chi connectivity index (χ3n) is 2.87. The summed E-state index contributed by atoms with van der Waals surface area (Å²) in [5, 5.41) is 1.07. The van der Waals surface area contributed by atoms with Gasteiger partial charge in [-0.3, -0.25) is 4.98 Å². The van der Waals surface area contributed by atoms with Crippen LogP contribution in [-0.2, 0) is 11.2 Å². The van der Waals surface area contributed by atoms with Gasteiger partial charge in [0.2, 0.25) is 0 Å². The van der Waals surface area contributed by atoms with Gasteiger partial charge in [0.25, 0.3) is 0 Å². The van der Waals surface area contributed by atoms with Crippen LogP contribution in [0, 0.1) is 5.41 Å². The van der Waals surface area contributed by atoms with Crippen molar-refractivity contribution in [2.24, 2.45) is 5.41 Å². The van der Waals surface area contributed by atoms with Gasteiger partial charge in [-0.2, -0.15) is 0 Å². The van der Waals surface area contributed by atoms with E-state index in [0.29, 0.717) is 5.41 Å². The van der Waals surface area contributed by atoms with E-state index in [-0.39, 0.29) is 0 Å². The van der Waals surface area contributed by atoms with Crippen molar-refractivity contribution < 1.29 is 4.74 Å². The molecule has 1 aliphatic rings. The van der Waals surface area contributed by atoms with E-state index in [4.69, 9.17) is 4.74 Å². The lowest BCUT2D eigenvalue weighted by molar-refractivity contribution is 0.0273. The first-order chi connectivity index (χ1) is 6.85. The average molecular weight is 276 g/mol. The second-order valence-corrected chi connectivity index (χ2v) is 5.42. The van der Waals surface area contributed by atoms with E-state index in [1.54, 1.807) is 11.3 Å². The Balaban J connectivity index is 2.04. The largest absolute Gasteiger partial charge is 0.381 e. The summed E-state index contributed by atoms with van der Waals surface area (Å²) < 4.78 is 5.41. The van der Waals surface area contributed by atoms with Crippen LogP contribution in [0.25, 0.3) is 0 Å². The first-order valence-electron chi connectivity index (χ1n) is 4.86. The molecule has 2 heterocycles. The number of halogens is 1. The lowest BCUT2D eigenvalue weighted by Gasteiger charge is -2.35. The molecule has 4 heteroatoms. The third kappa shape index (κ3) is 2.35. The summed E-state index contributed by atoms with van der Waals surface area (Å²) in [5.74, 6) is 0. The van der Waals surface area contributed by atoms with Crippen molar-refractivity contribution in [2.75, 3.05) is 18.5 Å². The van der Waals surface area contributed by atoms with Crippen LogP contribution >= 0.6 is 27.3 Å². The summed E-state index contributed by atoms with van der Waals surface area (Å²) in [6.45, 7) is 1.81. The highest BCUT2D eigenvalue weighted by Gasteiger charge is 2.32. The van der Waals surface area contributed by atoms with Crippen LogP contribution in [-0.4, -0.2) is 23.5 Å². The molecule has 0 N–H and O–H groups in total. The number of aromatic nitrogens is 1. The first-order valence-corrected chi connectivity index (χ1v) is 6.86. The van der Waals surface area contributed by atoms with Crippen molar-refractivity contribution in [1.29, 1.82) is 0 Å². The Bertz CT molecular complexity index is 270. The van der Waals surface area contributed by atoms with E-state index in [2.05, 4.69) is 20.9 Å². The molecule has 1 aliphatic heterocycles. The van der Waals surface area contributed by atoms with Crippen molar-refractivity contribution in [3.05, 3.63) is 16.6 Å². The minimum Gasteiger partial charge on any atom is -0.381 e. The van der Waals surface area contributed by atoms with Gasteiger partial charge in [0.05, 0.1) is 5.51 Å². The lowest BCUT2D eigenvalue weighted by Crippen LogP contribution is -2.33. The van der Waals surface area contributed by atoms with E-state index >= 15 is 0 Å². The SMILES string of the molecule is BrCC1(Cc2cncs2)CCOCC1. The smallest absolute Gasteiger partial charge is 0.0794 e. The summed E-state index contributed by atoms with van der Waals surface area (Å²) in [5.41, 5.74) is 2.32. The molecule has 2 nitrogen and oxygen atoms in total. The van der Waals surface area contributed by atoms with Gasteiger partial charge in [-0.15, -0.1) is 11.3 Å². The summed E-state index contributed by atoms with van der Waals surface area (Å²) in [6.07, 6.45) is 5.46.